The molecule has 1 aromatic rings. The number of hydrogen-bond acceptors (Lipinski definition) is 2. The zero-order valence-electron chi connectivity index (χ0n) is 16.4. The lowest BCUT2D eigenvalue weighted by molar-refractivity contribution is 0.160. The van der Waals surface area contributed by atoms with Crippen LogP contribution >= 0.6 is 0 Å². The van der Waals surface area contributed by atoms with Crippen LogP contribution in [0.4, 0.5) is 4.79 Å². The van der Waals surface area contributed by atoms with E-state index in [2.05, 4.69) is 55.3 Å². The van der Waals surface area contributed by atoms with Crippen LogP contribution in [0.5, 0.6) is 0 Å². The van der Waals surface area contributed by atoms with E-state index in [1.165, 1.54) is 24.0 Å². The second-order valence-corrected chi connectivity index (χ2v) is 7.43. The first-order valence-corrected chi connectivity index (χ1v) is 9.84. The number of benzene rings is 1. The van der Waals surface area contributed by atoms with Crippen LogP contribution < -0.4 is 5.32 Å². The van der Waals surface area contributed by atoms with Crippen molar-refractivity contribution in [1.82, 2.24) is 15.1 Å². The Morgan fingerprint density at radius 3 is 2.48 bits per heavy atom. The van der Waals surface area contributed by atoms with E-state index < -0.39 is 0 Å². The third-order valence-electron chi connectivity index (χ3n) is 5.61. The molecule has 0 aromatic heterocycles. The first-order valence-electron chi connectivity index (χ1n) is 9.84. The van der Waals surface area contributed by atoms with Crippen molar-refractivity contribution in [2.24, 2.45) is 5.92 Å². The monoisotopic (exact) mass is 345 g/mol. The highest BCUT2D eigenvalue weighted by atomic mass is 16.2. The Morgan fingerprint density at radius 2 is 1.84 bits per heavy atom. The second-order valence-electron chi connectivity index (χ2n) is 7.43. The molecule has 2 rings (SSSR count). The van der Waals surface area contributed by atoms with Crippen molar-refractivity contribution in [2.45, 2.75) is 65.6 Å². The van der Waals surface area contributed by atoms with Gasteiger partial charge >= 0.3 is 6.03 Å². The van der Waals surface area contributed by atoms with Gasteiger partial charge in [-0.1, -0.05) is 57.9 Å². The maximum atomic E-state index is 12.6. The summed E-state index contributed by atoms with van der Waals surface area (Å²) < 4.78 is 0. The Hall–Kier alpha value is -1.55. The van der Waals surface area contributed by atoms with E-state index >= 15 is 0 Å². The van der Waals surface area contributed by atoms with Crippen molar-refractivity contribution in [2.75, 3.05) is 20.1 Å². The van der Waals surface area contributed by atoms with Gasteiger partial charge in [0.25, 0.3) is 0 Å². The van der Waals surface area contributed by atoms with Gasteiger partial charge in [-0.2, -0.15) is 0 Å². The maximum Gasteiger partial charge on any atom is 0.317 e. The highest BCUT2D eigenvalue weighted by Crippen LogP contribution is 2.26. The molecular weight excluding hydrogens is 310 g/mol. The van der Waals surface area contributed by atoms with Gasteiger partial charge in [0.15, 0.2) is 0 Å². The molecule has 4 heteroatoms. The lowest BCUT2D eigenvalue weighted by atomic mass is 9.86. The molecule has 2 atom stereocenters. The number of carbonyl (C=O) groups is 1. The van der Waals surface area contributed by atoms with Gasteiger partial charge in [0.1, 0.15) is 0 Å². The summed E-state index contributed by atoms with van der Waals surface area (Å²) in [7, 11) is 1.94. The van der Waals surface area contributed by atoms with Crippen LogP contribution in [0.15, 0.2) is 24.3 Å². The van der Waals surface area contributed by atoms with E-state index in [9.17, 15) is 4.79 Å². The molecule has 1 N–H and O–H groups in total. The molecule has 0 heterocycles. The zero-order chi connectivity index (χ0) is 18.2. The first-order chi connectivity index (χ1) is 12.0. The lowest BCUT2D eigenvalue weighted by Crippen LogP contribution is -2.45. The highest BCUT2D eigenvalue weighted by molar-refractivity contribution is 5.74. The molecule has 0 aliphatic heterocycles. The fourth-order valence-electron chi connectivity index (χ4n) is 3.79. The maximum absolute atomic E-state index is 12.6. The van der Waals surface area contributed by atoms with Crippen LogP contribution in [-0.2, 0) is 13.1 Å². The van der Waals surface area contributed by atoms with Crippen molar-refractivity contribution in [3.05, 3.63) is 35.4 Å². The summed E-state index contributed by atoms with van der Waals surface area (Å²) in [6.45, 7) is 10.3. The molecule has 1 aromatic carbocycles. The SMILES string of the molecule is CCN(CC)Cc1ccccc1CNC(=O)N(C)C1CCCC(C)C1. The van der Waals surface area contributed by atoms with Crippen LogP contribution in [-0.4, -0.2) is 42.0 Å². The van der Waals surface area contributed by atoms with Crippen molar-refractivity contribution in [1.29, 1.82) is 0 Å². The first kappa shape index (κ1) is 19.8. The third-order valence-corrected chi connectivity index (χ3v) is 5.61. The predicted octanol–water partition coefficient (Wildman–Crippen LogP) is 4.25. The van der Waals surface area contributed by atoms with Crippen molar-refractivity contribution < 1.29 is 4.79 Å². The lowest BCUT2D eigenvalue weighted by Gasteiger charge is -2.34. The quantitative estimate of drug-likeness (QED) is 0.802. The van der Waals surface area contributed by atoms with Gasteiger partial charge < -0.3 is 10.2 Å². The summed E-state index contributed by atoms with van der Waals surface area (Å²) >= 11 is 0. The standard InChI is InChI=1S/C21H35N3O/c1-5-24(6-2)16-19-12-8-7-11-18(19)15-22-21(25)23(4)20-13-9-10-17(3)14-20/h7-8,11-12,17,20H,5-6,9-10,13-16H2,1-4H3,(H,22,25). The Bertz CT molecular complexity index is 542. The molecule has 25 heavy (non-hydrogen) atoms. The smallest absolute Gasteiger partial charge is 0.317 e. The molecule has 2 amide bonds. The van der Waals surface area contributed by atoms with Crippen LogP contribution in [0.1, 0.15) is 57.6 Å². The average molecular weight is 346 g/mol. The molecule has 1 saturated carbocycles. The zero-order valence-corrected chi connectivity index (χ0v) is 16.4. The van der Waals surface area contributed by atoms with Crippen molar-refractivity contribution in [3.63, 3.8) is 0 Å². The summed E-state index contributed by atoms with van der Waals surface area (Å²) in [5, 5.41) is 3.13. The number of nitrogens with one attached hydrogen (secondary N) is 1. The van der Waals surface area contributed by atoms with Gasteiger partial charge in [-0.3, -0.25) is 4.90 Å². The van der Waals surface area contributed by atoms with E-state index in [4.69, 9.17) is 0 Å². The molecule has 0 radical (unpaired) electrons. The Labute approximate surface area is 153 Å². The molecule has 140 valence electrons. The average Bonchev–Trinajstić information content (AvgIpc) is 2.64. The summed E-state index contributed by atoms with van der Waals surface area (Å²) in [4.78, 5) is 16.9. The van der Waals surface area contributed by atoms with Crippen LogP contribution in [0.2, 0.25) is 0 Å². The molecule has 1 fully saturated rings. The molecule has 0 saturated heterocycles. The third kappa shape index (κ3) is 5.74. The van der Waals surface area contributed by atoms with Gasteiger partial charge in [0.2, 0.25) is 0 Å². The van der Waals surface area contributed by atoms with Crippen molar-refractivity contribution in [3.8, 4) is 0 Å². The molecule has 0 spiro atoms. The van der Waals surface area contributed by atoms with E-state index in [0.29, 0.717) is 12.6 Å². The largest absolute Gasteiger partial charge is 0.334 e. The van der Waals surface area contributed by atoms with Gasteiger partial charge in [0.05, 0.1) is 0 Å². The Balaban J connectivity index is 1.93. The van der Waals surface area contributed by atoms with Crippen LogP contribution in [0, 0.1) is 5.92 Å². The van der Waals surface area contributed by atoms with Gasteiger partial charge in [-0.25, -0.2) is 4.79 Å². The Morgan fingerprint density at radius 1 is 1.16 bits per heavy atom. The fraction of sp³-hybridized carbons (Fsp3) is 0.667. The number of nitrogens with zero attached hydrogens (tertiary/aromatic N) is 2. The molecular formula is C21H35N3O. The van der Waals surface area contributed by atoms with E-state index in [-0.39, 0.29) is 6.03 Å². The molecule has 2 unspecified atom stereocenters. The van der Waals surface area contributed by atoms with Gasteiger partial charge in [-0.15, -0.1) is 0 Å². The predicted molar refractivity (Wildman–Crippen MR) is 104 cm³/mol. The minimum Gasteiger partial charge on any atom is -0.334 e. The fourth-order valence-corrected chi connectivity index (χ4v) is 3.79. The minimum absolute atomic E-state index is 0.0525. The van der Waals surface area contributed by atoms with Crippen molar-refractivity contribution >= 4 is 6.03 Å². The van der Waals surface area contributed by atoms with Crippen LogP contribution in [0.3, 0.4) is 0 Å². The van der Waals surface area contributed by atoms with Gasteiger partial charge in [-0.05, 0) is 43.0 Å². The molecule has 1 aliphatic carbocycles. The summed E-state index contributed by atoms with van der Waals surface area (Å²) in [5.41, 5.74) is 2.52. The molecule has 4 nitrogen and oxygen atoms in total. The van der Waals surface area contributed by atoms with Gasteiger partial charge in [0, 0.05) is 26.2 Å². The summed E-state index contributed by atoms with van der Waals surface area (Å²) in [5.74, 6) is 0.726. The highest BCUT2D eigenvalue weighted by Gasteiger charge is 2.25. The normalized spacial score (nSPS) is 20.5. The van der Waals surface area contributed by atoms with E-state index in [1.54, 1.807) is 0 Å². The minimum atomic E-state index is 0.0525. The summed E-state index contributed by atoms with van der Waals surface area (Å²) in [6.07, 6.45) is 4.79. The topological polar surface area (TPSA) is 35.6 Å². The number of amides is 2. The number of rotatable bonds is 7. The number of carbonyl (C=O) groups excluding carboxylic acids is 1. The molecule has 1 aliphatic rings. The Kier molecular flexibility index (Phi) is 7.76. The number of urea groups is 1. The van der Waals surface area contributed by atoms with E-state index in [1.807, 2.05) is 11.9 Å². The summed E-state index contributed by atoms with van der Waals surface area (Å²) in [6, 6.07) is 8.87. The molecule has 0 bridgehead atoms. The van der Waals surface area contributed by atoms with E-state index in [0.717, 1.165) is 38.4 Å². The number of hydrogen-bond donors (Lipinski definition) is 1. The van der Waals surface area contributed by atoms with Crippen LogP contribution in [0.25, 0.3) is 0 Å². The second kappa shape index (κ2) is 9.81.